The van der Waals surface area contributed by atoms with Gasteiger partial charge in [-0.2, -0.15) is 0 Å². The molecule has 3 rings (SSSR count). The predicted octanol–water partition coefficient (Wildman–Crippen LogP) is 4.09. The first-order chi connectivity index (χ1) is 14.0. The average Bonchev–Trinajstić information content (AvgIpc) is 2.71. The van der Waals surface area contributed by atoms with Crippen LogP contribution in [0.4, 0.5) is 5.69 Å². The van der Waals surface area contributed by atoms with Gasteiger partial charge in [-0.3, -0.25) is 10.1 Å². The first kappa shape index (κ1) is 20.1. The number of esters is 1. The number of nitrogens with zero attached hydrogens (tertiary/aromatic N) is 1. The van der Waals surface area contributed by atoms with Gasteiger partial charge in [-0.05, 0) is 24.1 Å². The van der Waals surface area contributed by atoms with Crippen LogP contribution in [0.5, 0.6) is 5.75 Å². The van der Waals surface area contributed by atoms with Crippen LogP contribution >= 0.6 is 0 Å². The molecule has 150 valence electrons. The predicted molar refractivity (Wildman–Crippen MR) is 106 cm³/mol. The van der Waals surface area contributed by atoms with Gasteiger partial charge in [0.1, 0.15) is 11.3 Å². The Kier molecular flexibility index (Phi) is 6.23. The minimum Gasteiger partial charge on any atom is -0.482 e. The fourth-order valence-electron chi connectivity index (χ4n) is 2.77. The SMILES string of the molecule is CCCCOC(=O)COc1ccc2c(-c3cccc([N+](=O)[O-])c3)cc(=O)oc2c1. The van der Waals surface area contributed by atoms with Crippen LogP contribution in [0, 0.1) is 10.1 Å². The van der Waals surface area contributed by atoms with E-state index < -0.39 is 16.5 Å². The summed E-state index contributed by atoms with van der Waals surface area (Å²) in [5.74, 6) is -0.144. The van der Waals surface area contributed by atoms with Crippen molar-refractivity contribution < 1.29 is 23.6 Å². The van der Waals surface area contributed by atoms with Crippen LogP contribution in [-0.4, -0.2) is 24.1 Å². The molecule has 1 aromatic heterocycles. The van der Waals surface area contributed by atoms with Crippen molar-refractivity contribution in [1.82, 2.24) is 0 Å². The summed E-state index contributed by atoms with van der Waals surface area (Å²) >= 11 is 0. The van der Waals surface area contributed by atoms with Gasteiger partial charge in [0.25, 0.3) is 5.69 Å². The van der Waals surface area contributed by atoms with E-state index in [0.717, 1.165) is 12.8 Å². The van der Waals surface area contributed by atoms with E-state index >= 15 is 0 Å². The zero-order valence-electron chi connectivity index (χ0n) is 15.8. The Hall–Kier alpha value is -3.68. The molecule has 2 aromatic carbocycles. The molecular formula is C21H19NO7. The number of fused-ring (bicyclic) bond motifs is 1. The summed E-state index contributed by atoms with van der Waals surface area (Å²) < 4.78 is 15.7. The number of non-ortho nitro benzene ring substituents is 1. The molecule has 0 saturated heterocycles. The van der Waals surface area contributed by atoms with Crippen molar-refractivity contribution in [3.8, 4) is 16.9 Å². The molecule has 0 spiro atoms. The summed E-state index contributed by atoms with van der Waals surface area (Å²) in [6, 6.07) is 12.1. The number of ether oxygens (including phenoxy) is 2. The van der Waals surface area contributed by atoms with Gasteiger partial charge in [0, 0.05) is 35.2 Å². The normalized spacial score (nSPS) is 10.7. The Morgan fingerprint density at radius 3 is 2.76 bits per heavy atom. The number of unbranched alkanes of at least 4 members (excludes halogenated alkanes) is 1. The molecule has 8 heteroatoms. The van der Waals surface area contributed by atoms with E-state index in [0.29, 0.717) is 28.9 Å². The lowest BCUT2D eigenvalue weighted by Crippen LogP contribution is -2.15. The monoisotopic (exact) mass is 397 g/mol. The molecule has 0 N–H and O–H groups in total. The second kappa shape index (κ2) is 9.01. The topological polar surface area (TPSA) is 109 Å². The number of nitro benzene ring substituents is 1. The van der Waals surface area contributed by atoms with E-state index in [2.05, 4.69) is 0 Å². The molecule has 0 aliphatic rings. The number of rotatable bonds is 8. The Balaban J connectivity index is 1.87. The highest BCUT2D eigenvalue weighted by Crippen LogP contribution is 2.31. The Labute approximate surface area is 165 Å². The molecule has 0 aliphatic heterocycles. The molecular weight excluding hydrogens is 378 g/mol. The van der Waals surface area contributed by atoms with Gasteiger partial charge in [0.05, 0.1) is 11.5 Å². The summed E-state index contributed by atoms with van der Waals surface area (Å²) in [5, 5.41) is 11.6. The van der Waals surface area contributed by atoms with Crippen molar-refractivity contribution in [2.75, 3.05) is 13.2 Å². The molecule has 0 fully saturated rings. The fourth-order valence-corrected chi connectivity index (χ4v) is 2.77. The molecule has 0 unspecified atom stereocenters. The first-order valence-electron chi connectivity index (χ1n) is 9.09. The van der Waals surface area contributed by atoms with Gasteiger partial charge in [-0.15, -0.1) is 0 Å². The van der Waals surface area contributed by atoms with Gasteiger partial charge in [-0.1, -0.05) is 25.5 Å². The summed E-state index contributed by atoms with van der Waals surface area (Å²) in [6.07, 6.45) is 1.71. The van der Waals surface area contributed by atoms with Gasteiger partial charge < -0.3 is 13.9 Å². The number of nitro groups is 1. The Bertz CT molecular complexity index is 1100. The maximum atomic E-state index is 12.0. The van der Waals surface area contributed by atoms with E-state index in [1.165, 1.54) is 24.3 Å². The molecule has 1 heterocycles. The van der Waals surface area contributed by atoms with Gasteiger partial charge in [-0.25, -0.2) is 9.59 Å². The highest BCUT2D eigenvalue weighted by Gasteiger charge is 2.13. The van der Waals surface area contributed by atoms with Crippen LogP contribution in [0.15, 0.2) is 57.7 Å². The zero-order valence-corrected chi connectivity index (χ0v) is 15.8. The molecule has 0 bridgehead atoms. The molecule has 0 radical (unpaired) electrons. The molecule has 3 aromatic rings. The zero-order chi connectivity index (χ0) is 20.8. The molecule has 0 atom stereocenters. The second-order valence-electron chi connectivity index (χ2n) is 6.31. The molecule has 0 amide bonds. The van der Waals surface area contributed by atoms with Gasteiger partial charge in [0.2, 0.25) is 0 Å². The third kappa shape index (κ3) is 4.98. The second-order valence-corrected chi connectivity index (χ2v) is 6.31. The van der Waals surface area contributed by atoms with E-state index in [1.54, 1.807) is 24.3 Å². The van der Waals surface area contributed by atoms with E-state index in [-0.39, 0.29) is 17.9 Å². The van der Waals surface area contributed by atoms with Crippen molar-refractivity contribution in [1.29, 1.82) is 0 Å². The number of hydrogen-bond acceptors (Lipinski definition) is 7. The minimum atomic E-state index is -0.602. The van der Waals surface area contributed by atoms with Crippen molar-refractivity contribution in [3.05, 3.63) is 69.1 Å². The summed E-state index contributed by atoms with van der Waals surface area (Å²) in [6.45, 7) is 2.08. The van der Waals surface area contributed by atoms with E-state index in [4.69, 9.17) is 13.9 Å². The Morgan fingerprint density at radius 1 is 1.17 bits per heavy atom. The summed E-state index contributed by atoms with van der Waals surface area (Å²) in [4.78, 5) is 34.2. The smallest absolute Gasteiger partial charge is 0.344 e. The third-order valence-electron chi connectivity index (χ3n) is 4.20. The number of carbonyl (C=O) groups excluding carboxylic acids is 1. The largest absolute Gasteiger partial charge is 0.482 e. The number of hydrogen-bond donors (Lipinski definition) is 0. The summed E-state index contributed by atoms with van der Waals surface area (Å²) in [7, 11) is 0. The molecule has 0 aliphatic carbocycles. The van der Waals surface area contributed by atoms with Gasteiger partial charge in [0.15, 0.2) is 6.61 Å². The van der Waals surface area contributed by atoms with Crippen LogP contribution in [0.2, 0.25) is 0 Å². The lowest BCUT2D eigenvalue weighted by atomic mass is 10.0. The lowest BCUT2D eigenvalue weighted by Gasteiger charge is -2.09. The summed E-state index contributed by atoms with van der Waals surface area (Å²) in [5.41, 5.74) is 0.590. The Morgan fingerprint density at radius 2 is 2.00 bits per heavy atom. The highest BCUT2D eigenvalue weighted by molar-refractivity contribution is 5.94. The third-order valence-corrected chi connectivity index (χ3v) is 4.20. The van der Waals surface area contributed by atoms with Crippen molar-refractivity contribution in [2.24, 2.45) is 0 Å². The van der Waals surface area contributed by atoms with Gasteiger partial charge >= 0.3 is 11.6 Å². The van der Waals surface area contributed by atoms with Crippen molar-refractivity contribution in [3.63, 3.8) is 0 Å². The van der Waals surface area contributed by atoms with Crippen LogP contribution in [-0.2, 0) is 9.53 Å². The maximum Gasteiger partial charge on any atom is 0.344 e. The number of benzene rings is 2. The molecule has 29 heavy (non-hydrogen) atoms. The lowest BCUT2D eigenvalue weighted by molar-refractivity contribution is -0.384. The van der Waals surface area contributed by atoms with Crippen LogP contribution in [0.25, 0.3) is 22.1 Å². The fraction of sp³-hybridized carbons (Fsp3) is 0.238. The maximum absolute atomic E-state index is 12.0. The van der Waals surface area contributed by atoms with E-state index in [9.17, 15) is 19.7 Å². The van der Waals surface area contributed by atoms with Crippen molar-refractivity contribution >= 4 is 22.6 Å². The van der Waals surface area contributed by atoms with E-state index in [1.807, 2.05) is 6.92 Å². The number of carbonyl (C=O) groups is 1. The quantitative estimate of drug-likeness (QED) is 0.185. The van der Waals surface area contributed by atoms with Crippen LogP contribution in [0.3, 0.4) is 0 Å². The molecule has 0 saturated carbocycles. The standard InChI is InChI=1S/C21H19NO7/c1-2-3-9-27-21(24)13-28-16-7-8-17-18(12-20(23)29-19(17)11-16)14-5-4-6-15(10-14)22(25)26/h4-8,10-12H,2-3,9,13H2,1H3. The van der Waals surface area contributed by atoms with Crippen molar-refractivity contribution in [2.45, 2.75) is 19.8 Å². The first-order valence-corrected chi connectivity index (χ1v) is 9.09. The highest BCUT2D eigenvalue weighted by atomic mass is 16.6. The minimum absolute atomic E-state index is 0.0783. The average molecular weight is 397 g/mol. The van der Waals surface area contributed by atoms with Crippen LogP contribution in [0.1, 0.15) is 19.8 Å². The van der Waals surface area contributed by atoms with Crippen LogP contribution < -0.4 is 10.4 Å². The molecule has 8 nitrogen and oxygen atoms in total.